The van der Waals surface area contributed by atoms with E-state index in [9.17, 15) is 48.3 Å². The van der Waals surface area contributed by atoms with Crippen LogP contribution in [-0.2, 0) is 19.1 Å². The van der Waals surface area contributed by atoms with Crippen LogP contribution in [0, 0.1) is 0 Å². The average molecular weight is 472 g/mol. The number of rotatable bonds is 9. The molecule has 1 aromatic rings. The van der Waals surface area contributed by atoms with Crippen LogP contribution in [0.5, 0.6) is 11.8 Å². The first-order valence-corrected chi connectivity index (χ1v) is 9.38. The van der Waals surface area contributed by atoms with Gasteiger partial charge in [-0.25, -0.2) is 4.79 Å². The number of aromatic nitrogens is 1. The SMILES string of the molecule is O=C(CCCCOC1OC(CO)C(O)C(O)C1NC(=O)C(F)(F)F)On1c(O)ccc1O. The molecule has 0 bridgehead atoms. The summed E-state index contributed by atoms with van der Waals surface area (Å²) in [6.07, 6.45) is -11.8. The summed E-state index contributed by atoms with van der Waals surface area (Å²) in [5.74, 6) is -4.19. The van der Waals surface area contributed by atoms with E-state index in [1.54, 1.807) is 0 Å². The molecule has 0 aromatic carbocycles. The van der Waals surface area contributed by atoms with Crippen LogP contribution in [0.1, 0.15) is 19.3 Å². The summed E-state index contributed by atoms with van der Waals surface area (Å²) in [4.78, 5) is 27.7. The molecule has 12 nitrogen and oxygen atoms in total. The summed E-state index contributed by atoms with van der Waals surface area (Å²) in [7, 11) is 0. The molecule has 1 fully saturated rings. The van der Waals surface area contributed by atoms with Crippen molar-refractivity contribution in [3.05, 3.63) is 12.1 Å². The highest BCUT2D eigenvalue weighted by Crippen LogP contribution is 2.24. The van der Waals surface area contributed by atoms with E-state index in [1.807, 2.05) is 0 Å². The number of alkyl halides is 3. The maximum absolute atomic E-state index is 12.6. The number of carbonyl (C=O) groups is 2. The molecule has 1 amide bonds. The second kappa shape index (κ2) is 10.8. The minimum atomic E-state index is -5.26. The summed E-state index contributed by atoms with van der Waals surface area (Å²) in [6, 6.07) is 0.408. The number of carbonyl (C=O) groups excluding carboxylic acids is 2. The molecule has 6 N–H and O–H groups in total. The van der Waals surface area contributed by atoms with Crippen molar-refractivity contribution in [3.63, 3.8) is 0 Å². The topological polar surface area (TPSA) is 180 Å². The molecule has 32 heavy (non-hydrogen) atoms. The molecular formula is C17H23F3N2O10. The van der Waals surface area contributed by atoms with Crippen molar-refractivity contribution in [1.29, 1.82) is 0 Å². The molecule has 1 aromatic heterocycles. The lowest BCUT2D eigenvalue weighted by Crippen LogP contribution is -2.65. The molecule has 182 valence electrons. The zero-order valence-corrected chi connectivity index (χ0v) is 16.4. The van der Waals surface area contributed by atoms with Crippen LogP contribution in [0.15, 0.2) is 12.1 Å². The fourth-order valence-electron chi connectivity index (χ4n) is 2.83. The van der Waals surface area contributed by atoms with Gasteiger partial charge in [-0.05, 0) is 12.8 Å². The van der Waals surface area contributed by atoms with Crippen molar-refractivity contribution in [1.82, 2.24) is 10.0 Å². The molecule has 2 heterocycles. The van der Waals surface area contributed by atoms with Gasteiger partial charge in [-0.3, -0.25) is 4.79 Å². The summed E-state index contributed by atoms with van der Waals surface area (Å²) in [5, 5.41) is 49.4. The Kier molecular flexibility index (Phi) is 8.68. The van der Waals surface area contributed by atoms with Gasteiger partial charge in [0.05, 0.1) is 6.61 Å². The Hall–Kier alpha value is -2.59. The molecule has 1 aliphatic rings. The number of nitrogens with zero attached hydrogens (tertiary/aromatic N) is 1. The van der Waals surface area contributed by atoms with Gasteiger partial charge in [0.25, 0.3) is 0 Å². The van der Waals surface area contributed by atoms with Gasteiger partial charge in [0, 0.05) is 25.2 Å². The van der Waals surface area contributed by atoms with E-state index in [4.69, 9.17) is 14.3 Å². The van der Waals surface area contributed by atoms with Gasteiger partial charge in [-0.1, -0.05) is 0 Å². The molecule has 1 saturated heterocycles. The van der Waals surface area contributed by atoms with Crippen molar-refractivity contribution in [2.45, 2.75) is 56.1 Å². The highest BCUT2D eigenvalue weighted by atomic mass is 19.4. The van der Waals surface area contributed by atoms with Crippen LogP contribution in [0.2, 0.25) is 0 Å². The van der Waals surface area contributed by atoms with Crippen LogP contribution in [0.3, 0.4) is 0 Å². The predicted octanol–water partition coefficient (Wildman–Crippen LogP) is -1.47. The van der Waals surface area contributed by atoms with Crippen LogP contribution < -0.4 is 10.2 Å². The molecule has 0 spiro atoms. The Morgan fingerprint density at radius 2 is 1.75 bits per heavy atom. The van der Waals surface area contributed by atoms with Crippen LogP contribution >= 0.6 is 0 Å². The molecule has 0 saturated carbocycles. The van der Waals surface area contributed by atoms with E-state index in [0.717, 1.165) is 12.1 Å². The van der Waals surface area contributed by atoms with Gasteiger partial charge in [0.15, 0.2) is 6.29 Å². The van der Waals surface area contributed by atoms with E-state index in [-0.39, 0.29) is 25.9 Å². The summed E-state index contributed by atoms with van der Waals surface area (Å²) in [6.45, 7) is -0.972. The Bertz CT molecular complexity index is 768. The standard InChI is InChI=1S/C17H23F3N2O10/c18-17(19,20)16(29)21-12-14(28)13(27)8(7-23)31-15(12)30-6-2-1-3-11(26)32-22-9(24)4-5-10(22)25/h4-5,8,12-15,23-25,27-28H,1-3,6-7H2,(H,21,29). The van der Waals surface area contributed by atoms with Crippen LogP contribution in [-0.4, -0.2) is 92.2 Å². The Morgan fingerprint density at radius 3 is 2.31 bits per heavy atom. The fourth-order valence-corrected chi connectivity index (χ4v) is 2.83. The Morgan fingerprint density at radius 1 is 1.12 bits per heavy atom. The smallest absolute Gasteiger partial charge is 0.471 e. The first-order chi connectivity index (χ1) is 15.0. The van der Waals surface area contributed by atoms with Crippen molar-refractivity contribution in [2.24, 2.45) is 0 Å². The van der Waals surface area contributed by atoms with Crippen molar-refractivity contribution < 1.29 is 62.6 Å². The Labute approximate surface area is 178 Å². The first kappa shape index (κ1) is 25.7. The number of aliphatic hydroxyl groups is 3. The summed E-state index contributed by atoms with van der Waals surface area (Å²) < 4.78 is 48.6. The monoisotopic (exact) mass is 472 g/mol. The third-order valence-electron chi connectivity index (χ3n) is 4.48. The van der Waals surface area contributed by atoms with E-state index in [0.29, 0.717) is 4.73 Å². The van der Waals surface area contributed by atoms with Crippen LogP contribution in [0.4, 0.5) is 13.2 Å². The minimum absolute atomic E-state index is 0.154. The normalized spacial score (nSPS) is 26.0. The lowest BCUT2D eigenvalue weighted by molar-refractivity contribution is -0.272. The van der Waals surface area contributed by atoms with Crippen molar-refractivity contribution in [3.8, 4) is 11.8 Å². The molecular weight excluding hydrogens is 449 g/mol. The number of unbranched alkanes of at least 4 members (excludes halogenated alkanes) is 1. The van der Waals surface area contributed by atoms with Gasteiger partial charge >= 0.3 is 18.1 Å². The first-order valence-electron chi connectivity index (χ1n) is 9.38. The Balaban J connectivity index is 1.86. The number of nitrogens with one attached hydrogen (secondary N) is 1. The van der Waals surface area contributed by atoms with Gasteiger partial charge in [-0.15, -0.1) is 4.73 Å². The highest BCUT2D eigenvalue weighted by Gasteiger charge is 2.49. The average Bonchev–Trinajstić information content (AvgIpc) is 3.03. The van der Waals surface area contributed by atoms with E-state index >= 15 is 0 Å². The second-order valence-electron chi connectivity index (χ2n) is 6.84. The molecule has 15 heteroatoms. The van der Waals surface area contributed by atoms with Gasteiger partial charge in [0.1, 0.15) is 24.4 Å². The highest BCUT2D eigenvalue weighted by molar-refractivity contribution is 5.82. The number of aromatic hydroxyl groups is 2. The number of hydrogen-bond acceptors (Lipinski definition) is 10. The number of halogens is 3. The molecule has 0 aliphatic carbocycles. The maximum Gasteiger partial charge on any atom is 0.471 e. The fraction of sp³-hybridized carbons (Fsp3) is 0.647. The summed E-state index contributed by atoms with van der Waals surface area (Å²) >= 11 is 0. The lowest BCUT2D eigenvalue weighted by atomic mass is 9.97. The molecule has 2 rings (SSSR count). The zero-order valence-electron chi connectivity index (χ0n) is 16.4. The largest absolute Gasteiger partial charge is 0.492 e. The molecule has 0 radical (unpaired) electrons. The maximum atomic E-state index is 12.6. The third kappa shape index (κ3) is 6.46. The van der Waals surface area contributed by atoms with Crippen molar-refractivity contribution >= 4 is 11.9 Å². The predicted molar refractivity (Wildman–Crippen MR) is 94.9 cm³/mol. The lowest BCUT2D eigenvalue weighted by Gasteiger charge is -2.42. The molecule has 1 aliphatic heterocycles. The number of amides is 1. The zero-order chi connectivity index (χ0) is 24.1. The van der Waals surface area contributed by atoms with Crippen LogP contribution in [0.25, 0.3) is 0 Å². The summed E-state index contributed by atoms with van der Waals surface area (Å²) in [5.41, 5.74) is 0. The quantitative estimate of drug-likeness (QED) is 0.232. The number of ether oxygens (including phenoxy) is 2. The number of hydrogen-bond donors (Lipinski definition) is 6. The molecule has 5 unspecified atom stereocenters. The van der Waals surface area contributed by atoms with E-state index in [1.165, 1.54) is 5.32 Å². The van der Waals surface area contributed by atoms with Crippen molar-refractivity contribution in [2.75, 3.05) is 13.2 Å². The van der Waals surface area contributed by atoms with E-state index in [2.05, 4.69) is 0 Å². The van der Waals surface area contributed by atoms with Gasteiger partial charge in [0.2, 0.25) is 11.8 Å². The van der Waals surface area contributed by atoms with E-state index < -0.39 is 67.1 Å². The van der Waals surface area contributed by atoms with Gasteiger partial charge < -0.3 is 45.2 Å². The molecule has 5 atom stereocenters. The number of aliphatic hydroxyl groups excluding tert-OH is 3. The minimum Gasteiger partial charge on any atom is -0.492 e. The third-order valence-corrected chi connectivity index (χ3v) is 4.48. The second-order valence-corrected chi connectivity index (χ2v) is 6.84. The van der Waals surface area contributed by atoms with Gasteiger partial charge in [-0.2, -0.15) is 13.2 Å².